The molecule has 3 rings (SSSR count). The van der Waals surface area contributed by atoms with Crippen LogP contribution in [0.15, 0.2) is 53.4 Å². The maximum atomic E-state index is 12.5. The fourth-order valence-electron chi connectivity index (χ4n) is 2.99. The number of hydrogen-bond donors (Lipinski definition) is 2. The van der Waals surface area contributed by atoms with Gasteiger partial charge in [-0.25, -0.2) is 13.1 Å². The van der Waals surface area contributed by atoms with Gasteiger partial charge in [-0.3, -0.25) is 0 Å². The molecule has 2 aromatic carbocycles. The van der Waals surface area contributed by atoms with E-state index in [0.29, 0.717) is 11.5 Å². The lowest BCUT2D eigenvalue weighted by molar-refractivity contribution is 0.373. The maximum Gasteiger partial charge on any atom is 0.240 e. The molecule has 0 atom stereocenters. The summed E-state index contributed by atoms with van der Waals surface area (Å²) in [5, 5.41) is 0. The first-order chi connectivity index (χ1) is 12.5. The number of sulfonamides is 1. The fraction of sp³-hybridized carbons (Fsp3) is 0.368. The molecule has 0 aliphatic heterocycles. The van der Waals surface area contributed by atoms with Crippen molar-refractivity contribution < 1.29 is 17.9 Å². The van der Waals surface area contributed by atoms with Gasteiger partial charge in [-0.05, 0) is 74.2 Å². The minimum atomic E-state index is -3.54. The lowest BCUT2D eigenvalue weighted by atomic mass is 9.93. The fourth-order valence-corrected chi connectivity index (χ4v) is 4.30. The lowest BCUT2D eigenvalue weighted by Gasteiger charge is -2.26. The Labute approximate surface area is 154 Å². The molecule has 2 aromatic rings. The third-order valence-corrected chi connectivity index (χ3v) is 6.06. The normalized spacial score (nSPS) is 20.5. The molecule has 6 nitrogen and oxygen atoms in total. The number of nitrogens with one attached hydrogen (secondary N) is 1. The molecule has 1 fully saturated rings. The molecule has 26 heavy (non-hydrogen) atoms. The van der Waals surface area contributed by atoms with E-state index in [9.17, 15) is 8.42 Å². The molecule has 0 spiro atoms. The second-order valence-corrected chi connectivity index (χ2v) is 8.20. The summed E-state index contributed by atoms with van der Waals surface area (Å²) in [6.07, 6.45) is 3.25. The van der Waals surface area contributed by atoms with E-state index in [0.717, 1.165) is 31.4 Å². The summed E-state index contributed by atoms with van der Waals surface area (Å²) >= 11 is 0. The van der Waals surface area contributed by atoms with Crippen molar-refractivity contribution in [1.82, 2.24) is 4.72 Å². The molecule has 3 N–H and O–H groups in total. The summed E-state index contributed by atoms with van der Waals surface area (Å²) in [4.78, 5) is 0.231. The van der Waals surface area contributed by atoms with Crippen LogP contribution in [-0.4, -0.2) is 27.6 Å². The number of nitrogens with two attached hydrogens (primary N) is 1. The van der Waals surface area contributed by atoms with Crippen molar-refractivity contribution in [3.8, 4) is 17.2 Å². The van der Waals surface area contributed by atoms with Gasteiger partial charge in [-0.15, -0.1) is 0 Å². The zero-order chi connectivity index (χ0) is 18.6. The van der Waals surface area contributed by atoms with Gasteiger partial charge in [-0.2, -0.15) is 0 Å². The van der Waals surface area contributed by atoms with Gasteiger partial charge >= 0.3 is 0 Å². The van der Waals surface area contributed by atoms with E-state index in [1.165, 1.54) is 0 Å². The van der Waals surface area contributed by atoms with Gasteiger partial charge in [-0.1, -0.05) is 0 Å². The van der Waals surface area contributed by atoms with Crippen molar-refractivity contribution in [2.75, 3.05) is 7.11 Å². The van der Waals surface area contributed by atoms with Gasteiger partial charge in [0.1, 0.15) is 17.2 Å². The third kappa shape index (κ3) is 4.75. The molecule has 140 valence electrons. The molecule has 7 heteroatoms. The Morgan fingerprint density at radius 3 is 1.92 bits per heavy atom. The van der Waals surface area contributed by atoms with Crippen molar-refractivity contribution in [3.05, 3.63) is 48.5 Å². The quantitative estimate of drug-likeness (QED) is 0.809. The van der Waals surface area contributed by atoms with Crippen LogP contribution in [0.4, 0.5) is 0 Å². The molecular formula is C19H24N2O4S. The number of ether oxygens (including phenoxy) is 2. The molecule has 1 saturated carbocycles. The Balaban J connectivity index is 1.64. The number of rotatable bonds is 6. The monoisotopic (exact) mass is 376 g/mol. The van der Waals surface area contributed by atoms with E-state index in [1.807, 2.05) is 0 Å². The Morgan fingerprint density at radius 1 is 0.885 bits per heavy atom. The van der Waals surface area contributed by atoms with E-state index < -0.39 is 10.0 Å². The highest BCUT2D eigenvalue weighted by molar-refractivity contribution is 7.89. The summed E-state index contributed by atoms with van der Waals surface area (Å²) < 4.78 is 38.7. The summed E-state index contributed by atoms with van der Waals surface area (Å²) in [6.45, 7) is 0. The van der Waals surface area contributed by atoms with Crippen LogP contribution >= 0.6 is 0 Å². The maximum absolute atomic E-state index is 12.5. The first kappa shape index (κ1) is 18.7. The van der Waals surface area contributed by atoms with Gasteiger partial charge in [0, 0.05) is 12.1 Å². The van der Waals surface area contributed by atoms with Crippen LogP contribution in [0.25, 0.3) is 0 Å². The van der Waals surface area contributed by atoms with Gasteiger partial charge < -0.3 is 15.2 Å². The summed E-state index contributed by atoms with van der Waals surface area (Å²) in [5.41, 5.74) is 5.87. The standard InChI is InChI=1S/C19H24N2O4S/c1-24-16-6-8-17(9-7-16)25-18-10-12-19(13-11-18)26(22,23)21-15-4-2-14(20)3-5-15/h6-15,21H,2-5,20H2,1H3. The van der Waals surface area contributed by atoms with Gasteiger partial charge in [0.25, 0.3) is 0 Å². The second kappa shape index (κ2) is 8.07. The van der Waals surface area contributed by atoms with Crippen molar-refractivity contribution in [2.24, 2.45) is 5.73 Å². The van der Waals surface area contributed by atoms with E-state index in [-0.39, 0.29) is 17.0 Å². The zero-order valence-electron chi connectivity index (χ0n) is 14.7. The number of hydrogen-bond acceptors (Lipinski definition) is 5. The van der Waals surface area contributed by atoms with E-state index in [2.05, 4.69) is 4.72 Å². The van der Waals surface area contributed by atoms with Crippen LogP contribution in [0.3, 0.4) is 0 Å². The summed E-state index contributed by atoms with van der Waals surface area (Å²) in [5.74, 6) is 1.96. The third-order valence-electron chi connectivity index (χ3n) is 4.52. The van der Waals surface area contributed by atoms with E-state index >= 15 is 0 Å². The Bertz CT molecular complexity index is 812. The largest absolute Gasteiger partial charge is 0.497 e. The van der Waals surface area contributed by atoms with Crippen LogP contribution in [0.5, 0.6) is 17.2 Å². The van der Waals surface area contributed by atoms with E-state index in [1.54, 1.807) is 55.6 Å². The minimum Gasteiger partial charge on any atom is -0.497 e. The molecule has 0 unspecified atom stereocenters. The van der Waals surface area contributed by atoms with Crippen LogP contribution in [0, 0.1) is 0 Å². The molecule has 0 amide bonds. The zero-order valence-corrected chi connectivity index (χ0v) is 15.5. The lowest BCUT2D eigenvalue weighted by Crippen LogP contribution is -2.40. The smallest absolute Gasteiger partial charge is 0.240 e. The molecule has 0 aromatic heterocycles. The van der Waals surface area contributed by atoms with Crippen molar-refractivity contribution in [3.63, 3.8) is 0 Å². The highest BCUT2D eigenvalue weighted by Crippen LogP contribution is 2.25. The molecule has 0 radical (unpaired) electrons. The topological polar surface area (TPSA) is 90.6 Å². The molecule has 0 saturated heterocycles. The highest BCUT2D eigenvalue weighted by Gasteiger charge is 2.24. The first-order valence-corrected chi connectivity index (χ1v) is 10.1. The predicted octanol–water partition coefficient (Wildman–Crippen LogP) is 3.04. The van der Waals surface area contributed by atoms with Crippen molar-refractivity contribution in [1.29, 1.82) is 0 Å². The van der Waals surface area contributed by atoms with Gasteiger partial charge in [0.15, 0.2) is 0 Å². The van der Waals surface area contributed by atoms with Crippen LogP contribution in [0.2, 0.25) is 0 Å². The average Bonchev–Trinajstić information content (AvgIpc) is 2.64. The van der Waals surface area contributed by atoms with Crippen molar-refractivity contribution >= 4 is 10.0 Å². The Hall–Kier alpha value is -2.09. The predicted molar refractivity (Wildman–Crippen MR) is 100 cm³/mol. The Kier molecular flexibility index (Phi) is 5.80. The first-order valence-electron chi connectivity index (χ1n) is 8.66. The van der Waals surface area contributed by atoms with Crippen LogP contribution in [-0.2, 0) is 10.0 Å². The molecule has 0 heterocycles. The van der Waals surface area contributed by atoms with E-state index in [4.69, 9.17) is 15.2 Å². The Morgan fingerprint density at radius 2 is 1.38 bits per heavy atom. The molecule has 1 aliphatic carbocycles. The number of methoxy groups -OCH3 is 1. The minimum absolute atomic E-state index is 0.0463. The molecular weight excluding hydrogens is 352 g/mol. The number of benzene rings is 2. The average molecular weight is 376 g/mol. The second-order valence-electron chi connectivity index (χ2n) is 6.48. The summed E-state index contributed by atoms with van der Waals surface area (Å²) in [6, 6.07) is 13.7. The van der Waals surface area contributed by atoms with Crippen LogP contribution < -0.4 is 19.9 Å². The van der Waals surface area contributed by atoms with Gasteiger partial charge in [0.05, 0.1) is 12.0 Å². The highest BCUT2D eigenvalue weighted by atomic mass is 32.2. The molecule has 1 aliphatic rings. The van der Waals surface area contributed by atoms with Crippen molar-refractivity contribution in [2.45, 2.75) is 42.7 Å². The van der Waals surface area contributed by atoms with Crippen LogP contribution in [0.1, 0.15) is 25.7 Å². The van der Waals surface area contributed by atoms with Gasteiger partial charge in [0.2, 0.25) is 10.0 Å². The SMILES string of the molecule is COc1ccc(Oc2ccc(S(=O)(=O)NC3CCC(N)CC3)cc2)cc1. The molecule has 0 bridgehead atoms. The summed E-state index contributed by atoms with van der Waals surface area (Å²) in [7, 11) is -1.94.